The van der Waals surface area contributed by atoms with E-state index in [1.165, 1.54) is 0 Å². The van der Waals surface area contributed by atoms with Gasteiger partial charge in [-0.15, -0.1) is 0 Å². The number of nitrogens with one attached hydrogen (secondary N) is 1. The smallest absolute Gasteiger partial charge is 0.223 e. The molecule has 1 aliphatic carbocycles. The lowest BCUT2D eigenvalue weighted by atomic mass is 10.2. The lowest BCUT2D eigenvalue weighted by molar-refractivity contribution is -0.131. The molecular weight excluding hydrogens is 218 g/mol. The monoisotopic (exact) mass is 241 g/mol. The van der Waals surface area contributed by atoms with Crippen LogP contribution in [0.1, 0.15) is 32.6 Å². The molecule has 0 saturated heterocycles. The zero-order valence-electron chi connectivity index (χ0n) is 10.7. The second-order valence-corrected chi connectivity index (χ2v) is 4.76. The Morgan fingerprint density at radius 3 is 2.65 bits per heavy atom. The van der Waals surface area contributed by atoms with E-state index in [0.29, 0.717) is 25.9 Å². The fourth-order valence-electron chi connectivity index (χ4n) is 1.52. The molecule has 1 aliphatic rings. The van der Waals surface area contributed by atoms with Gasteiger partial charge in [-0.1, -0.05) is 0 Å². The fourth-order valence-corrected chi connectivity index (χ4v) is 1.52. The summed E-state index contributed by atoms with van der Waals surface area (Å²) in [5.41, 5.74) is 5.49. The Labute approximate surface area is 103 Å². The van der Waals surface area contributed by atoms with E-state index in [9.17, 15) is 9.59 Å². The van der Waals surface area contributed by atoms with Gasteiger partial charge in [0.25, 0.3) is 0 Å². The molecular formula is C12H23N3O2. The number of nitrogens with two attached hydrogens (primary N) is 1. The highest BCUT2D eigenvalue weighted by Gasteiger charge is 2.29. The zero-order chi connectivity index (χ0) is 12.8. The van der Waals surface area contributed by atoms with Crippen molar-refractivity contribution in [2.24, 2.45) is 11.7 Å². The first kappa shape index (κ1) is 14.0. The molecule has 17 heavy (non-hydrogen) atoms. The molecule has 0 spiro atoms. The molecule has 0 aromatic rings. The number of amides is 2. The number of hydrogen-bond donors (Lipinski definition) is 2. The maximum atomic E-state index is 11.7. The van der Waals surface area contributed by atoms with Crippen molar-refractivity contribution in [3.05, 3.63) is 0 Å². The minimum Gasteiger partial charge on any atom is -0.356 e. The average molecular weight is 241 g/mol. The summed E-state index contributed by atoms with van der Waals surface area (Å²) in [6.45, 7) is 2.99. The van der Waals surface area contributed by atoms with Crippen LogP contribution >= 0.6 is 0 Å². The topological polar surface area (TPSA) is 75.4 Å². The quantitative estimate of drug-likeness (QED) is 0.621. The predicted molar refractivity (Wildman–Crippen MR) is 66.3 cm³/mol. The van der Waals surface area contributed by atoms with Crippen LogP contribution in [0.25, 0.3) is 0 Å². The summed E-state index contributed by atoms with van der Waals surface area (Å²) in [6.07, 6.45) is 3.19. The first-order chi connectivity index (χ1) is 8.06. The van der Waals surface area contributed by atoms with Gasteiger partial charge in [-0.2, -0.15) is 0 Å². The van der Waals surface area contributed by atoms with Gasteiger partial charge < -0.3 is 16.0 Å². The molecule has 3 N–H and O–H groups in total. The SMILES string of the molecule is CC(CN)N(C)C(=O)CCCNC(=O)C1CC1. The summed E-state index contributed by atoms with van der Waals surface area (Å²) in [5.74, 6) is 0.468. The fraction of sp³-hybridized carbons (Fsp3) is 0.833. The molecule has 0 aromatic heterocycles. The third-order valence-corrected chi connectivity index (χ3v) is 3.21. The Hall–Kier alpha value is -1.10. The van der Waals surface area contributed by atoms with Crippen molar-refractivity contribution in [3.63, 3.8) is 0 Å². The number of carbonyl (C=O) groups is 2. The Morgan fingerprint density at radius 2 is 2.12 bits per heavy atom. The highest BCUT2D eigenvalue weighted by atomic mass is 16.2. The van der Waals surface area contributed by atoms with Gasteiger partial charge in [-0.05, 0) is 26.2 Å². The second kappa shape index (κ2) is 6.59. The molecule has 1 saturated carbocycles. The summed E-state index contributed by atoms with van der Waals surface area (Å²) in [5, 5.41) is 2.85. The van der Waals surface area contributed by atoms with Crippen molar-refractivity contribution in [2.75, 3.05) is 20.1 Å². The van der Waals surface area contributed by atoms with Gasteiger partial charge in [0.15, 0.2) is 0 Å². The maximum absolute atomic E-state index is 11.7. The van der Waals surface area contributed by atoms with Gasteiger partial charge in [0.1, 0.15) is 0 Å². The molecule has 5 nitrogen and oxygen atoms in total. The van der Waals surface area contributed by atoms with E-state index in [-0.39, 0.29) is 23.8 Å². The van der Waals surface area contributed by atoms with Crippen LogP contribution in [0.4, 0.5) is 0 Å². The van der Waals surface area contributed by atoms with Crippen molar-refractivity contribution >= 4 is 11.8 Å². The molecule has 98 valence electrons. The van der Waals surface area contributed by atoms with Crippen LogP contribution < -0.4 is 11.1 Å². The van der Waals surface area contributed by atoms with Gasteiger partial charge in [-0.25, -0.2) is 0 Å². The molecule has 5 heteroatoms. The number of carbonyl (C=O) groups excluding carboxylic acids is 2. The Kier molecular flexibility index (Phi) is 5.41. The van der Waals surface area contributed by atoms with E-state index in [2.05, 4.69) is 5.32 Å². The largest absolute Gasteiger partial charge is 0.356 e. The van der Waals surface area contributed by atoms with Crippen LogP contribution in [0.3, 0.4) is 0 Å². The summed E-state index contributed by atoms with van der Waals surface area (Å²) in [6, 6.07) is 0.0727. The van der Waals surface area contributed by atoms with E-state index in [4.69, 9.17) is 5.73 Å². The van der Waals surface area contributed by atoms with E-state index in [1.54, 1.807) is 11.9 Å². The minimum atomic E-state index is 0.0727. The molecule has 1 fully saturated rings. The summed E-state index contributed by atoms with van der Waals surface area (Å²) in [4.78, 5) is 24.7. The number of rotatable bonds is 7. The van der Waals surface area contributed by atoms with Crippen molar-refractivity contribution in [1.29, 1.82) is 0 Å². The van der Waals surface area contributed by atoms with Crippen LogP contribution in [0.15, 0.2) is 0 Å². The zero-order valence-corrected chi connectivity index (χ0v) is 10.7. The molecule has 0 aromatic carbocycles. The van der Waals surface area contributed by atoms with Crippen molar-refractivity contribution < 1.29 is 9.59 Å². The Balaban J connectivity index is 2.08. The molecule has 0 radical (unpaired) electrons. The lowest BCUT2D eigenvalue weighted by Crippen LogP contribution is -2.40. The molecule has 2 amide bonds. The van der Waals surface area contributed by atoms with E-state index >= 15 is 0 Å². The van der Waals surface area contributed by atoms with E-state index in [1.807, 2.05) is 6.92 Å². The van der Waals surface area contributed by atoms with E-state index < -0.39 is 0 Å². The first-order valence-electron chi connectivity index (χ1n) is 6.29. The third kappa shape index (κ3) is 4.73. The average Bonchev–Trinajstić information content (AvgIpc) is 3.16. The molecule has 1 unspecified atom stereocenters. The summed E-state index contributed by atoms with van der Waals surface area (Å²) in [7, 11) is 1.77. The Bertz CT molecular complexity index is 277. The van der Waals surface area contributed by atoms with Crippen LogP contribution in [0, 0.1) is 5.92 Å². The molecule has 0 bridgehead atoms. The molecule has 0 heterocycles. The second-order valence-electron chi connectivity index (χ2n) is 4.76. The minimum absolute atomic E-state index is 0.0727. The van der Waals surface area contributed by atoms with Gasteiger partial charge in [0.2, 0.25) is 11.8 Å². The van der Waals surface area contributed by atoms with Crippen LogP contribution in [-0.4, -0.2) is 42.9 Å². The first-order valence-corrected chi connectivity index (χ1v) is 6.29. The molecule has 1 rings (SSSR count). The number of hydrogen-bond acceptors (Lipinski definition) is 3. The summed E-state index contributed by atoms with van der Waals surface area (Å²) < 4.78 is 0. The standard InChI is InChI=1S/C12H23N3O2/c1-9(8-13)15(2)11(16)4-3-7-14-12(17)10-5-6-10/h9-10H,3-8,13H2,1-2H3,(H,14,17). The highest BCUT2D eigenvalue weighted by Crippen LogP contribution is 2.28. The van der Waals surface area contributed by atoms with Crippen molar-refractivity contribution in [1.82, 2.24) is 10.2 Å². The van der Waals surface area contributed by atoms with Crippen LogP contribution in [0.2, 0.25) is 0 Å². The number of likely N-dealkylation sites (N-methyl/N-ethyl adjacent to an activating group) is 1. The Morgan fingerprint density at radius 1 is 1.47 bits per heavy atom. The normalized spacial score (nSPS) is 16.4. The predicted octanol–water partition coefficient (Wildman–Crippen LogP) is 0.0984. The van der Waals surface area contributed by atoms with Gasteiger partial charge in [0.05, 0.1) is 0 Å². The van der Waals surface area contributed by atoms with Crippen LogP contribution in [0.5, 0.6) is 0 Å². The third-order valence-electron chi connectivity index (χ3n) is 3.21. The van der Waals surface area contributed by atoms with Gasteiger partial charge in [0, 0.05) is 38.5 Å². The van der Waals surface area contributed by atoms with Crippen molar-refractivity contribution in [3.8, 4) is 0 Å². The molecule has 1 atom stereocenters. The van der Waals surface area contributed by atoms with Crippen molar-refractivity contribution in [2.45, 2.75) is 38.6 Å². The van der Waals surface area contributed by atoms with Gasteiger partial charge in [-0.3, -0.25) is 9.59 Å². The van der Waals surface area contributed by atoms with E-state index in [0.717, 1.165) is 12.8 Å². The maximum Gasteiger partial charge on any atom is 0.223 e. The number of nitrogens with zero attached hydrogens (tertiary/aromatic N) is 1. The van der Waals surface area contributed by atoms with Crippen LogP contribution in [-0.2, 0) is 9.59 Å². The highest BCUT2D eigenvalue weighted by molar-refractivity contribution is 5.81. The lowest BCUT2D eigenvalue weighted by Gasteiger charge is -2.23. The van der Waals surface area contributed by atoms with Gasteiger partial charge >= 0.3 is 0 Å². The summed E-state index contributed by atoms with van der Waals surface area (Å²) >= 11 is 0. The molecule has 0 aliphatic heterocycles.